The summed E-state index contributed by atoms with van der Waals surface area (Å²) in [4.78, 5) is 33.9. The molecule has 29 heavy (non-hydrogen) atoms. The maximum atomic E-state index is 13.3. The van der Waals surface area contributed by atoms with Crippen molar-refractivity contribution in [2.75, 3.05) is 13.1 Å². The summed E-state index contributed by atoms with van der Waals surface area (Å²) in [6.07, 6.45) is 4.50. The van der Waals surface area contributed by atoms with Gasteiger partial charge in [-0.15, -0.1) is 0 Å². The van der Waals surface area contributed by atoms with Crippen molar-refractivity contribution in [3.05, 3.63) is 47.6 Å². The average Bonchev–Trinajstić information content (AvgIpc) is 3.37. The van der Waals surface area contributed by atoms with Gasteiger partial charge in [0.15, 0.2) is 5.82 Å². The lowest BCUT2D eigenvalue weighted by atomic mass is 10.1. The van der Waals surface area contributed by atoms with Crippen LogP contribution in [0.1, 0.15) is 43.0 Å². The summed E-state index contributed by atoms with van der Waals surface area (Å²) < 4.78 is 5.24. The predicted molar refractivity (Wildman–Crippen MR) is 106 cm³/mol. The van der Waals surface area contributed by atoms with Gasteiger partial charge in [0.25, 0.3) is 0 Å². The van der Waals surface area contributed by atoms with Gasteiger partial charge in [-0.25, -0.2) is 4.79 Å². The van der Waals surface area contributed by atoms with Crippen molar-refractivity contribution in [2.24, 2.45) is 0 Å². The van der Waals surface area contributed by atoms with Gasteiger partial charge in [-0.2, -0.15) is 4.98 Å². The van der Waals surface area contributed by atoms with Gasteiger partial charge in [-0.3, -0.25) is 4.79 Å². The first-order valence-electron chi connectivity index (χ1n) is 10.3. The molecule has 8 nitrogen and oxygen atoms in total. The van der Waals surface area contributed by atoms with Crippen molar-refractivity contribution in [1.82, 2.24) is 25.3 Å². The molecule has 1 unspecified atom stereocenters. The summed E-state index contributed by atoms with van der Waals surface area (Å²) in [5.74, 6) is 0.810. The molecule has 1 saturated carbocycles. The van der Waals surface area contributed by atoms with Crippen LogP contribution in [0.5, 0.6) is 0 Å². The van der Waals surface area contributed by atoms with E-state index in [1.807, 2.05) is 35.2 Å². The number of hydrogen-bond donors (Lipinski definition) is 1. The van der Waals surface area contributed by atoms with Gasteiger partial charge in [0.05, 0.1) is 6.42 Å². The molecule has 8 heteroatoms. The Morgan fingerprint density at radius 3 is 2.66 bits per heavy atom. The lowest BCUT2D eigenvalue weighted by molar-refractivity contribution is -0.140. The molecule has 1 N–H and O–H groups in total. The minimum atomic E-state index is -0.645. The Kier molecular flexibility index (Phi) is 5.78. The number of piperazine rings is 1. The van der Waals surface area contributed by atoms with Crippen LogP contribution in [-0.2, 0) is 17.8 Å². The van der Waals surface area contributed by atoms with Gasteiger partial charge < -0.3 is 19.6 Å². The fourth-order valence-electron chi connectivity index (χ4n) is 4.16. The number of nitrogens with zero attached hydrogens (tertiary/aromatic N) is 4. The number of aryl methyl sites for hydroxylation is 1. The molecule has 0 spiro atoms. The third-order valence-electron chi connectivity index (χ3n) is 5.68. The van der Waals surface area contributed by atoms with E-state index in [1.165, 1.54) is 0 Å². The Hall–Kier alpha value is -2.90. The summed E-state index contributed by atoms with van der Waals surface area (Å²) in [6, 6.07) is 9.27. The van der Waals surface area contributed by atoms with Crippen molar-refractivity contribution >= 4 is 11.9 Å². The highest BCUT2D eigenvalue weighted by molar-refractivity contribution is 5.88. The largest absolute Gasteiger partial charge is 0.339 e. The maximum absolute atomic E-state index is 13.3. The third-order valence-corrected chi connectivity index (χ3v) is 5.68. The highest BCUT2D eigenvalue weighted by Gasteiger charge is 2.39. The van der Waals surface area contributed by atoms with Crippen LogP contribution < -0.4 is 5.32 Å². The first kappa shape index (κ1) is 19.4. The molecule has 1 aromatic heterocycles. The van der Waals surface area contributed by atoms with Gasteiger partial charge in [-0.1, -0.05) is 48.3 Å². The number of carbonyl (C=O) groups excluding carboxylic acids is 2. The molecule has 2 aromatic rings. The Balaban J connectivity index is 1.51. The minimum absolute atomic E-state index is 0.0856. The number of rotatable bonds is 5. The zero-order valence-corrected chi connectivity index (χ0v) is 16.7. The third kappa shape index (κ3) is 4.58. The highest BCUT2D eigenvalue weighted by Crippen LogP contribution is 2.21. The molecule has 1 aromatic carbocycles. The van der Waals surface area contributed by atoms with E-state index in [-0.39, 0.29) is 24.4 Å². The van der Waals surface area contributed by atoms with Crippen molar-refractivity contribution < 1.29 is 14.1 Å². The van der Waals surface area contributed by atoms with E-state index in [0.717, 1.165) is 31.2 Å². The van der Waals surface area contributed by atoms with Crippen molar-refractivity contribution in [3.8, 4) is 0 Å². The van der Waals surface area contributed by atoms with Gasteiger partial charge >= 0.3 is 6.03 Å². The fraction of sp³-hybridized carbons (Fsp3) is 0.524. The summed E-state index contributed by atoms with van der Waals surface area (Å²) in [6.45, 7) is 3.25. The van der Waals surface area contributed by atoms with Crippen molar-refractivity contribution in [3.63, 3.8) is 0 Å². The molecule has 2 aliphatic rings. The molecule has 2 heterocycles. The number of amides is 3. The van der Waals surface area contributed by atoms with E-state index in [2.05, 4.69) is 15.5 Å². The first-order chi connectivity index (χ1) is 14.1. The highest BCUT2D eigenvalue weighted by atomic mass is 16.5. The van der Waals surface area contributed by atoms with Crippen LogP contribution in [0.15, 0.2) is 34.9 Å². The molecular weight excluding hydrogens is 370 g/mol. The Morgan fingerprint density at radius 2 is 1.97 bits per heavy atom. The standard InChI is InChI=1S/C21H27N5O3/c1-15-22-19(29-24-15)13-18-20(27)25(14-16-7-3-2-4-8-16)11-12-26(18)21(28)23-17-9-5-6-10-17/h2-4,7-8,17-18H,5-6,9-14H2,1H3,(H,23,28). The predicted octanol–water partition coefficient (Wildman–Crippen LogP) is 2.29. The second-order valence-corrected chi connectivity index (χ2v) is 7.82. The smallest absolute Gasteiger partial charge is 0.318 e. The molecule has 4 rings (SSSR count). The van der Waals surface area contributed by atoms with E-state index in [4.69, 9.17) is 4.52 Å². The lowest BCUT2D eigenvalue weighted by Crippen LogP contribution is -2.61. The molecule has 1 atom stereocenters. The molecule has 3 amide bonds. The number of urea groups is 1. The number of benzene rings is 1. The second kappa shape index (κ2) is 8.63. The maximum Gasteiger partial charge on any atom is 0.318 e. The topological polar surface area (TPSA) is 91.6 Å². The minimum Gasteiger partial charge on any atom is -0.339 e. The van der Waals surface area contributed by atoms with Gasteiger partial charge in [0, 0.05) is 25.7 Å². The second-order valence-electron chi connectivity index (χ2n) is 7.82. The molecule has 1 aliphatic heterocycles. The van der Waals surface area contributed by atoms with Crippen LogP contribution in [0.25, 0.3) is 0 Å². The van der Waals surface area contributed by atoms with Crippen molar-refractivity contribution in [1.29, 1.82) is 0 Å². The zero-order chi connectivity index (χ0) is 20.2. The normalized spacial score (nSPS) is 20.3. The van der Waals surface area contributed by atoms with Crippen LogP contribution in [0.3, 0.4) is 0 Å². The van der Waals surface area contributed by atoms with Crippen LogP contribution >= 0.6 is 0 Å². The number of carbonyl (C=O) groups is 2. The molecule has 2 fully saturated rings. The average molecular weight is 397 g/mol. The fourth-order valence-corrected chi connectivity index (χ4v) is 4.16. The number of aromatic nitrogens is 2. The lowest BCUT2D eigenvalue weighted by Gasteiger charge is -2.40. The molecule has 0 radical (unpaired) electrons. The van der Waals surface area contributed by atoms with Gasteiger partial charge in [0.1, 0.15) is 6.04 Å². The summed E-state index contributed by atoms with van der Waals surface area (Å²) >= 11 is 0. The Morgan fingerprint density at radius 1 is 1.21 bits per heavy atom. The molecule has 154 valence electrons. The van der Waals surface area contributed by atoms with E-state index < -0.39 is 6.04 Å². The van der Waals surface area contributed by atoms with Crippen LogP contribution in [0.2, 0.25) is 0 Å². The van der Waals surface area contributed by atoms with E-state index >= 15 is 0 Å². The molecule has 1 saturated heterocycles. The molecular formula is C21H27N5O3. The van der Waals surface area contributed by atoms with Gasteiger partial charge in [0.2, 0.25) is 11.8 Å². The van der Waals surface area contributed by atoms with Crippen molar-refractivity contribution in [2.45, 2.75) is 57.7 Å². The van der Waals surface area contributed by atoms with Gasteiger partial charge in [-0.05, 0) is 25.3 Å². The van der Waals surface area contributed by atoms with E-state index in [9.17, 15) is 9.59 Å². The zero-order valence-electron chi connectivity index (χ0n) is 16.7. The van der Waals surface area contributed by atoms with Crippen LogP contribution in [0.4, 0.5) is 4.79 Å². The summed E-state index contributed by atoms with van der Waals surface area (Å²) in [5, 5.41) is 6.92. The molecule has 0 bridgehead atoms. The van der Waals surface area contributed by atoms with Crippen LogP contribution in [0, 0.1) is 6.92 Å². The number of nitrogens with one attached hydrogen (secondary N) is 1. The monoisotopic (exact) mass is 397 g/mol. The molecule has 1 aliphatic carbocycles. The van der Waals surface area contributed by atoms with E-state index in [1.54, 1.807) is 11.8 Å². The Bertz CT molecular complexity index is 847. The van der Waals surface area contributed by atoms with Crippen LogP contribution in [-0.4, -0.2) is 57.1 Å². The first-order valence-corrected chi connectivity index (χ1v) is 10.3. The Labute approximate surface area is 170 Å². The quantitative estimate of drug-likeness (QED) is 0.836. The summed E-state index contributed by atoms with van der Waals surface area (Å²) in [7, 11) is 0. The van der Waals surface area contributed by atoms with E-state index in [0.29, 0.717) is 31.3 Å². The number of hydrogen-bond acceptors (Lipinski definition) is 5. The SMILES string of the molecule is Cc1noc(CC2C(=O)N(Cc3ccccc3)CCN2C(=O)NC2CCCC2)n1. The summed E-state index contributed by atoms with van der Waals surface area (Å²) in [5.41, 5.74) is 1.07.